The molecule has 3 aromatic rings. The van der Waals surface area contributed by atoms with E-state index in [1.54, 1.807) is 6.92 Å². The molecule has 0 saturated carbocycles. The van der Waals surface area contributed by atoms with Crippen LogP contribution in [0.15, 0.2) is 66.7 Å². The maximum Gasteiger partial charge on any atom is 0.239 e. The van der Waals surface area contributed by atoms with Gasteiger partial charge in [0, 0.05) is 5.92 Å². The summed E-state index contributed by atoms with van der Waals surface area (Å²) in [4.78, 5) is 29.5. The van der Waals surface area contributed by atoms with Crippen molar-refractivity contribution in [2.45, 2.75) is 38.2 Å². The van der Waals surface area contributed by atoms with Gasteiger partial charge in [-0.05, 0) is 60.2 Å². The molecule has 0 spiro atoms. The van der Waals surface area contributed by atoms with Gasteiger partial charge in [-0.2, -0.15) is 0 Å². The molecule has 160 valence electrons. The smallest absolute Gasteiger partial charge is 0.239 e. The van der Waals surface area contributed by atoms with Crippen LogP contribution in [0.2, 0.25) is 0 Å². The Morgan fingerprint density at radius 3 is 2.06 bits per heavy atom. The Morgan fingerprint density at radius 2 is 1.47 bits per heavy atom. The van der Waals surface area contributed by atoms with E-state index in [-0.39, 0.29) is 17.7 Å². The molecule has 7 rings (SSSR count). The molecular formula is C28H25NO3. The Bertz CT molecular complexity index is 1260. The number of imide groups is 1. The molecule has 1 aliphatic heterocycles. The largest absolute Gasteiger partial charge is 0.392 e. The van der Waals surface area contributed by atoms with E-state index >= 15 is 0 Å². The summed E-state index contributed by atoms with van der Waals surface area (Å²) in [5.74, 6) is -1.72. The number of nitrogens with zero attached hydrogens (tertiary/aromatic N) is 1. The number of aryl methyl sites for hydroxylation is 2. The number of benzene rings is 3. The first-order valence-corrected chi connectivity index (χ1v) is 11.2. The Balaban J connectivity index is 1.67. The molecular weight excluding hydrogens is 398 g/mol. The van der Waals surface area contributed by atoms with Crippen molar-refractivity contribution in [1.29, 1.82) is 0 Å². The third-order valence-electron chi connectivity index (χ3n) is 7.95. The summed E-state index contributed by atoms with van der Waals surface area (Å²) < 4.78 is 0. The summed E-state index contributed by atoms with van der Waals surface area (Å²) in [5.41, 5.74) is 5.65. The lowest BCUT2D eigenvalue weighted by Crippen LogP contribution is -2.58. The van der Waals surface area contributed by atoms with E-state index in [4.69, 9.17) is 0 Å². The van der Waals surface area contributed by atoms with Gasteiger partial charge in [-0.15, -0.1) is 0 Å². The van der Waals surface area contributed by atoms with Crippen molar-refractivity contribution in [3.05, 3.63) is 100 Å². The van der Waals surface area contributed by atoms with Crippen LogP contribution in [-0.2, 0) is 15.0 Å². The van der Waals surface area contributed by atoms with Crippen molar-refractivity contribution in [3.63, 3.8) is 0 Å². The molecule has 1 N–H and O–H groups in total. The Labute approximate surface area is 187 Å². The van der Waals surface area contributed by atoms with E-state index in [1.807, 2.05) is 68.4 Å². The van der Waals surface area contributed by atoms with Crippen LogP contribution in [0.3, 0.4) is 0 Å². The second kappa shape index (κ2) is 6.39. The third-order valence-corrected chi connectivity index (χ3v) is 7.95. The van der Waals surface area contributed by atoms with Crippen molar-refractivity contribution in [3.8, 4) is 0 Å². The number of hydrogen-bond donors (Lipinski definition) is 1. The number of carbonyl (C=O) groups excluding carboxylic acids is 2. The standard InChI is InChI=1S/C28H25NO3/c1-15-12-13-16(2)22(14-15)29-26(31)24-23-18-8-4-6-10-20(18)28(17(3)30,25(24)27(29)32)21-11-7-5-9-19(21)23/h4-14,17,23-25,30H,1-3H3/t17-,23?,24+,25+,28?/m0/s1. The van der Waals surface area contributed by atoms with E-state index < -0.39 is 23.4 Å². The molecule has 1 fully saturated rings. The van der Waals surface area contributed by atoms with Gasteiger partial charge >= 0.3 is 0 Å². The summed E-state index contributed by atoms with van der Waals surface area (Å²) in [6, 6.07) is 21.9. The SMILES string of the molecule is Cc1ccc(C)c(N2C(=O)[C@@H]3C4c5ccccc5C([C@H](C)O)(c5ccccc54)[C@H]3C2=O)c1. The van der Waals surface area contributed by atoms with Gasteiger partial charge in [0.1, 0.15) is 0 Å². The number of carbonyl (C=O) groups is 2. The Kier molecular flexibility index (Phi) is 3.89. The van der Waals surface area contributed by atoms with Gasteiger partial charge in [0.25, 0.3) is 0 Å². The average molecular weight is 424 g/mol. The first-order chi connectivity index (χ1) is 15.4. The second-order valence-corrected chi connectivity index (χ2v) is 9.50. The quantitative estimate of drug-likeness (QED) is 0.628. The van der Waals surface area contributed by atoms with Gasteiger partial charge in [-0.1, -0.05) is 60.7 Å². The fourth-order valence-electron chi connectivity index (χ4n) is 6.74. The number of rotatable bonds is 2. The Hall–Kier alpha value is -3.24. The van der Waals surface area contributed by atoms with E-state index in [0.29, 0.717) is 5.69 Å². The number of aliphatic hydroxyl groups excluding tert-OH is 1. The maximum absolute atomic E-state index is 14.1. The highest BCUT2D eigenvalue weighted by molar-refractivity contribution is 6.24. The Morgan fingerprint density at radius 1 is 0.875 bits per heavy atom. The third kappa shape index (κ3) is 2.11. The molecule has 1 saturated heterocycles. The van der Waals surface area contributed by atoms with Crippen LogP contribution in [0.1, 0.15) is 46.2 Å². The van der Waals surface area contributed by atoms with E-state index in [2.05, 4.69) is 12.1 Å². The predicted molar refractivity (Wildman–Crippen MR) is 123 cm³/mol. The molecule has 0 radical (unpaired) electrons. The topological polar surface area (TPSA) is 57.6 Å². The molecule has 0 aromatic heterocycles. The summed E-state index contributed by atoms with van der Waals surface area (Å²) in [6.07, 6.45) is -0.839. The zero-order valence-corrected chi connectivity index (χ0v) is 18.4. The lowest BCUT2D eigenvalue weighted by atomic mass is 9.46. The maximum atomic E-state index is 14.1. The molecule has 2 amide bonds. The van der Waals surface area contributed by atoms with Gasteiger partial charge in [0.2, 0.25) is 11.8 Å². The van der Waals surface area contributed by atoms with Crippen LogP contribution in [0.5, 0.6) is 0 Å². The molecule has 2 bridgehead atoms. The highest BCUT2D eigenvalue weighted by Gasteiger charge is 2.69. The van der Waals surface area contributed by atoms with Crippen LogP contribution < -0.4 is 4.90 Å². The number of hydrogen-bond acceptors (Lipinski definition) is 3. The van der Waals surface area contributed by atoms with Gasteiger partial charge in [0.05, 0.1) is 29.0 Å². The van der Waals surface area contributed by atoms with Crippen LogP contribution >= 0.6 is 0 Å². The molecule has 4 heteroatoms. The van der Waals surface area contributed by atoms with Crippen molar-refractivity contribution in [2.24, 2.45) is 11.8 Å². The van der Waals surface area contributed by atoms with Crippen LogP contribution in [-0.4, -0.2) is 23.0 Å². The van der Waals surface area contributed by atoms with Crippen LogP contribution in [0, 0.1) is 25.7 Å². The minimum atomic E-state index is -0.953. The van der Waals surface area contributed by atoms with Crippen LogP contribution in [0.25, 0.3) is 0 Å². The minimum absolute atomic E-state index is 0.160. The van der Waals surface area contributed by atoms with Gasteiger partial charge < -0.3 is 5.11 Å². The van der Waals surface area contributed by atoms with Crippen molar-refractivity contribution < 1.29 is 14.7 Å². The number of aliphatic hydroxyl groups is 1. The summed E-state index contributed by atoms with van der Waals surface area (Å²) in [5, 5.41) is 11.4. The van der Waals surface area contributed by atoms with E-state index in [0.717, 1.165) is 33.4 Å². The highest BCUT2D eigenvalue weighted by atomic mass is 16.3. The summed E-state index contributed by atoms with van der Waals surface area (Å²) >= 11 is 0. The van der Waals surface area contributed by atoms with Crippen molar-refractivity contribution >= 4 is 17.5 Å². The second-order valence-electron chi connectivity index (χ2n) is 9.50. The molecule has 3 aromatic carbocycles. The minimum Gasteiger partial charge on any atom is -0.392 e. The zero-order chi connectivity index (χ0) is 22.4. The molecule has 32 heavy (non-hydrogen) atoms. The normalized spacial score (nSPS) is 28.4. The first kappa shape index (κ1) is 19.4. The lowest BCUT2D eigenvalue weighted by Gasteiger charge is -2.55. The van der Waals surface area contributed by atoms with Gasteiger partial charge in [0.15, 0.2) is 0 Å². The molecule has 3 aliphatic carbocycles. The zero-order valence-electron chi connectivity index (χ0n) is 18.4. The number of anilines is 1. The average Bonchev–Trinajstić information content (AvgIpc) is 3.06. The van der Waals surface area contributed by atoms with Crippen molar-refractivity contribution in [2.75, 3.05) is 4.90 Å². The first-order valence-electron chi connectivity index (χ1n) is 11.2. The van der Waals surface area contributed by atoms with Gasteiger partial charge in [-0.3, -0.25) is 9.59 Å². The summed E-state index contributed by atoms with van der Waals surface area (Å²) in [7, 11) is 0. The summed E-state index contributed by atoms with van der Waals surface area (Å²) in [6.45, 7) is 5.65. The van der Waals surface area contributed by atoms with E-state index in [1.165, 1.54) is 4.90 Å². The molecule has 3 atom stereocenters. The fourth-order valence-corrected chi connectivity index (χ4v) is 6.74. The van der Waals surface area contributed by atoms with Gasteiger partial charge in [-0.25, -0.2) is 4.90 Å². The molecule has 1 heterocycles. The number of amides is 2. The monoisotopic (exact) mass is 423 g/mol. The lowest BCUT2D eigenvalue weighted by molar-refractivity contribution is -0.126. The molecule has 0 unspecified atom stereocenters. The highest BCUT2D eigenvalue weighted by Crippen LogP contribution is 2.65. The molecule has 4 nitrogen and oxygen atoms in total. The predicted octanol–water partition coefficient (Wildman–Crippen LogP) is 4.24. The molecule has 4 aliphatic rings. The van der Waals surface area contributed by atoms with Crippen molar-refractivity contribution in [1.82, 2.24) is 0 Å². The van der Waals surface area contributed by atoms with E-state index in [9.17, 15) is 14.7 Å². The van der Waals surface area contributed by atoms with Crippen LogP contribution in [0.4, 0.5) is 5.69 Å². The fraction of sp³-hybridized carbons (Fsp3) is 0.286.